The predicted molar refractivity (Wildman–Crippen MR) is 51.7 cm³/mol. The minimum Gasteiger partial charge on any atom is -0.512 e. The van der Waals surface area contributed by atoms with Gasteiger partial charge in [-0.3, -0.25) is 0 Å². The van der Waals surface area contributed by atoms with Crippen molar-refractivity contribution >= 4 is 5.57 Å². The Balaban J connectivity index is 2.62. The van der Waals surface area contributed by atoms with E-state index in [0.29, 0.717) is 18.6 Å². The summed E-state index contributed by atoms with van der Waals surface area (Å²) in [5, 5.41) is 9.42. The Bertz CT molecular complexity index is 392. The average molecular weight is 194 g/mol. The highest BCUT2D eigenvalue weighted by Crippen LogP contribution is 2.35. The van der Waals surface area contributed by atoms with E-state index in [1.54, 1.807) is 19.1 Å². The first-order valence-corrected chi connectivity index (χ1v) is 4.50. The third-order valence-electron chi connectivity index (χ3n) is 2.33. The second-order valence-electron chi connectivity index (χ2n) is 3.28. The number of ether oxygens (including phenoxy) is 1. The van der Waals surface area contributed by atoms with Crippen molar-refractivity contribution in [1.29, 1.82) is 0 Å². The fraction of sp³-hybridized carbons (Fsp3) is 0.273. The van der Waals surface area contributed by atoms with E-state index >= 15 is 0 Å². The van der Waals surface area contributed by atoms with Crippen LogP contribution in [-0.2, 0) is 0 Å². The van der Waals surface area contributed by atoms with Gasteiger partial charge in [0.05, 0.1) is 12.4 Å². The van der Waals surface area contributed by atoms with Crippen molar-refractivity contribution in [3.05, 3.63) is 35.3 Å². The molecule has 0 fully saturated rings. The van der Waals surface area contributed by atoms with Crippen LogP contribution >= 0.6 is 0 Å². The van der Waals surface area contributed by atoms with Crippen LogP contribution < -0.4 is 4.74 Å². The molecule has 1 aromatic rings. The second kappa shape index (κ2) is 3.33. The number of para-hydroxylation sites is 1. The van der Waals surface area contributed by atoms with Gasteiger partial charge < -0.3 is 9.84 Å². The van der Waals surface area contributed by atoms with E-state index in [1.807, 2.05) is 0 Å². The van der Waals surface area contributed by atoms with Crippen LogP contribution in [-0.4, -0.2) is 11.7 Å². The minimum absolute atomic E-state index is 0.236. The molecule has 0 saturated heterocycles. The Morgan fingerprint density at radius 3 is 3.00 bits per heavy atom. The number of benzene rings is 1. The first-order valence-electron chi connectivity index (χ1n) is 4.50. The molecule has 0 bridgehead atoms. The fourth-order valence-electron chi connectivity index (χ4n) is 1.66. The van der Waals surface area contributed by atoms with Crippen LogP contribution in [0.5, 0.6) is 5.75 Å². The lowest BCUT2D eigenvalue weighted by Gasteiger charge is -2.20. The molecule has 0 aromatic heterocycles. The molecule has 1 aliphatic heterocycles. The lowest BCUT2D eigenvalue weighted by atomic mass is 9.98. The van der Waals surface area contributed by atoms with Gasteiger partial charge in [-0.25, -0.2) is 4.39 Å². The van der Waals surface area contributed by atoms with Crippen molar-refractivity contribution in [2.45, 2.75) is 13.3 Å². The molecule has 0 unspecified atom stereocenters. The summed E-state index contributed by atoms with van der Waals surface area (Å²) in [6.07, 6.45) is 0.624. The van der Waals surface area contributed by atoms with Crippen molar-refractivity contribution in [2.24, 2.45) is 0 Å². The molecule has 0 atom stereocenters. The van der Waals surface area contributed by atoms with Crippen molar-refractivity contribution in [1.82, 2.24) is 0 Å². The number of hydrogen-bond donors (Lipinski definition) is 1. The zero-order chi connectivity index (χ0) is 10.1. The molecule has 0 amide bonds. The van der Waals surface area contributed by atoms with Crippen LogP contribution in [0.2, 0.25) is 0 Å². The zero-order valence-electron chi connectivity index (χ0n) is 7.88. The molecule has 1 aromatic carbocycles. The Morgan fingerprint density at radius 1 is 1.50 bits per heavy atom. The third-order valence-corrected chi connectivity index (χ3v) is 2.33. The standard InChI is InChI=1S/C11H11FO2/c1-7(13)8-5-6-14-11-9(8)3-2-4-10(11)12/h2-4,13H,5-6H2,1H3. The second-order valence-corrected chi connectivity index (χ2v) is 3.28. The molecule has 1 N–H and O–H groups in total. The highest BCUT2D eigenvalue weighted by atomic mass is 19.1. The van der Waals surface area contributed by atoms with E-state index in [4.69, 9.17) is 4.74 Å². The summed E-state index contributed by atoms with van der Waals surface area (Å²) in [4.78, 5) is 0. The van der Waals surface area contributed by atoms with Crippen LogP contribution in [0.3, 0.4) is 0 Å². The molecule has 3 heteroatoms. The summed E-state index contributed by atoms with van der Waals surface area (Å²) in [6.45, 7) is 2.02. The van der Waals surface area contributed by atoms with Crippen molar-refractivity contribution in [3.63, 3.8) is 0 Å². The maximum atomic E-state index is 13.3. The van der Waals surface area contributed by atoms with Gasteiger partial charge in [-0.05, 0) is 13.0 Å². The number of hydrogen-bond acceptors (Lipinski definition) is 2. The van der Waals surface area contributed by atoms with Gasteiger partial charge in [-0.15, -0.1) is 0 Å². The Labute approximate surface area is 81.6 Å². The molecule has 0 radical (unpaired) electrons. The van der Waals surface area contributed by atoms with Crippen molar-refractivity contribution < 1.29 is 14.2 Å². The van der Waals surface area contributed by atoms with Gasteiger partial charge in [0.2, 0.25) is 0 Å². The molecular weight excluding hydrogens is 183 g/mol. The third kappa shape index (κ3) is 1.35. The number of halogens is 1. The summed E-state index contributed by atoms with van der Waals surface area (Å²) in [6, 6.07) is 4.73. The van der Waals surface area contributed by atoms with Crippen LogP contribution in [0, 0.1) is 5.82 Å². The Morgan fingerprint density at radius 2 is 2.29 bits per heavy atom. The fourth-order valence-corrected chi connectivity index (χ4v) is 1.66. The van der Waals surface area contributed by atoms with Gasteiger partial charge in [-0.1, -0.05) is 12.1 Å². The molecule has 0 aliphatic carbocycles. The van der Waals surface area contributed by atoms with Gasteiger partial charge in [0, 0.05) is 17.6 Å². The van der Waals surface area contributed by atoms with E-state index < -0.39 is 0 Å². The molecule has 1 heterocycles. The SMILES string of the molecule is CC(O)=C1CCOc2c(F)cccc21. The number of aliphatic hydroxyl groups is 1. The van der Waals surface area contributed by atoms with Crippen molar-refractivity contribution in [2.75, 3.05) is 6.61 Å². The number of rotatable bonds is 0. The minimum atomic E-state index is -0.374. The maximum Gasteiger partial charge on any atom is 0.165 e. The first-order chi connectivity index (χ1) is 6.70. The quantitative estimate of drug-likeness (QED) is 0.643. The van der Waals surface area contributed by atoms with E-state index in [1.165, 1.54) is 6.07 Å². The van der Waals surface area contributed by atoms with Gasteiger partial charge in [0.25, 0.3) is 0 Å². The van der Waals surface area contributed by atoms with E-state index in [0.717, 1.165) is 5.57 Å². The van der Waals surface area contributed by atoms with E-state index in [-0.39, 0.29) is 17.3 Å². The molecular formula is C11H11FO2. The Hall–Kier alpha value is -1.51. The summed E-state index contributed by atoms with van der Waals surface area (Å²) in [5.41, 5.74) is 1.43. The normalized spacial score (nSPS) is 18.4. The summed E-state index contributed by atoms with van der Waals surface area (Å²) >= 11 is 0. The lowest BCUT2D eigenvalue weighted by molar-refractivity contribution is 0.296. The van der Waals surface area contributed by atoms with Gasteiger partial charge >= 0.3 is 0 Å². The topological polar surface area (TPSA) is 29.5 Å². The Kier molecular flexibility index (Phi) is 2.15. The highest BCUT2D eigenvalue weighted by molar-refractivity contribution is 5.73. The van der Waals surface area contributed by atoms with Crippen molar-refractivity contribution in [3.8, 4) is 5.75 Å². The zero-order valence-corrected chi connectivity index (χ0v) is 7.88. The predicted octanol–water partition coefficient (Wildman–Crippen LogP) is 2.90. The summed E-state index contributed by atoms with van der Waals surface area (Å²) in [5.74, 6) is 0.114. The van der Waals surface area contributed by atoms with Gasteiger partial charge in [-0.2, -0.15) is 0 Å². The molecule has 0 spiro atoms. The first kappa shape index (κ1) is 9.06. The molecule has 0 saturated carbocycles. The lowest BCUT2D eigenvalue weighted by Crippen LogP contribution is -2.10. The smallest absolute Gasteiger partial charge is 0.165 e. The average Bonchev–Trinajstić information content (AvgIpc) is 2.17. The largest absolute Gasteiger partial charge is 0.512 e. The van der Waals surface area contributed by atoms with Gasteiger partial charge in [0.1, 0.15) is 0 Å². The number of fused-ring (bicyclic) bond motifs is 1. The molecule has 2 rings (SSSR count). The van der Waals surface area contributed by atoms with Crippen LogP contribution in [0.15, 0.2) is 24.0 Å². The van der Waals surface area contributed by atoms with Crippen LogP contribution in [0.25, 0.3) is 5.57 Å². The van der Waals surface area contributed by atoms with E-state index in [2.05, 4.69) is 0 Å². The number of aliphatic hydroxyl groups excluding tert-OH is 1. The summed E-state index contributed by atoms with van der Waals surface area (Å²) < 4.78 is 18.5. The van der Waals surface area contributed by atoms with Gasteiger partial charge in [0.15, 0.2) is 11.6 Å². The molecule has 2 nitrogen and oxygen atoms in total. The number of allylic oxidation sites excluding steroid dienone is 1. The molecule has 1 aliphatic rings. The highest BCUT2D eigenvalue weighted by Gasteiger charge is 2.20. The van der Waals surface area contributed by atoms with Crippen LogP contribution in [0.4, 0.5) is 4.39 Å². The van der Waals surface area contributed by atoms with Crippen LogP contribution in [0.1, 0.15) is 18.9 Å². The molecule has 74 valence electrons. The monoisotopic (exact) mass is 194 g/mol. The van der Waals surface area contributed by atoms with E-state index in [9.17, 15) is 9.50 Å². The molecule has 14 heavy (non-hydrogen) atoms. The maximum absolute atomic E-state index is 13.3. The summed E-state index contributed by atoms with van der Waals surface area (Å²) in [7, 11) is 0.